The van der Waals surface area contributed by atoms with Crippen LogP contribution in [0.3, 0.4) is 0 Å². The predicted octanol–water partition coefficient (Wildman–Crippen LogP) is 2.35. The fourth-order valence-corrected chi connectivity index (χ4v) is 5.09. The van der Waals surface area contributed by atoms with Crippen LogP contribution in [0.5, 0.6) is 0 Å². The first-order valence-electron chi connectivity index (χ1n) is 12.2. The largest absolute Gasteiger partial charge is 0.405 e. The van der Waals surface area contributed by atoms with Crippen LogP contribution < -0.4 is 5.32 Å². The van der Waals surface area contributed by atoms with E-state index in [-0.39, 0.29) is 43.2 Å². The summed E-state index contributed by atoms with van der Waals surface area (Å²) in [5.41, 5.74) is 0.998. The van der Waals surface area contributed by atoms with Crippen molar-refractivity contribution in [1.29, 1.82) is 0 Å². The second kappa shape index (κ2) is 12.7. The quantitative estimate of drug-likeness (QED) is 0.332. The Bertz CT molecular complexity index is 1210. The van der Waals surface area contributed by atoms with Crippen LogP contribution >= 0.6 is 0 Å². The normalized spacial score (nSPS) is 15.0. The first-order chi connectivity index (χ1) is 18.0. The first kappa shape index (κ1) is 29.5. The maximum Gasteiger partial charge on any atom is 0.405 e. The standard InChI is InChI=1S/C23H30F4N6O4S/c1-2-38(36,37)32-14-12-31(13-15-32)22(35)20-19(6-4-3-5-11-24)33(30-29-20)18-9-7-17(8-10-18)21(34)28-16-23(25,26)27/h7-10H,2-6,11-16H2,1H3,(H,28,34). The van der Waals surface area contributed by atoms with Gasteiger partial charge in [0.2, 0.25) is 10.0 Å². The molecule has 0 saturated carbocycles. The fourth-order valence-electron chi connectivity index (χ4n) is 4.00. The van der Waals surface area contributed by atoms with Crippen molar-refractivity contribution in [1.82, 2.24) is 29.5 Å². The number of nitrogens with zero attached hydrogens (tertiary/aromatic N) is 5. The van der Waals surface area contributed by atoms with Crippen molar-refractivity contribution in [3.63, 3.8) is 0 Å². The van der Waals surface area contributed by atoms with Gasteiger partial charge in [-0.15, -0.1) is 5.10 Å². The lowest BCUT2D eigenvalue weighted by Crippen LogP contribution is -2.51. The van der Waals surface area contributed by atoms with Gasteiger partial charge in [0.05, 0.1) is 23.8 Å². The number of carbonyl (C=O) groups is 2. The number of piperazine rings is 1. The van der Waals surface area contributed by atoms with Gasteiger partial charge in [0, 0.05) is 31.7 Å². The highest BCUT2D eigenvalue weighted by Crippen LogP contribution is 2.20. The van der Waals surface area contributed by atoms with Crippen LogP contribution in [-0.4, -0.2) is 95.8 Å². The van der Waals surface area contributed by atoms with E-state index in [0.717, 1.165) is 0 Å². The van der Waals surface area contributed by atoms with Crippen molar-refractivity contribution in [2.75, 3.05) is 45.2 Å². The number of rotatable bonds is 11. The molecule has 0 unspecified atom stereocenters. The Morgan fingerprint density at radius 1 is 1.03 bits per heavy atom. The van der Waals surface area contributed by atoms with Gasteiger partial charge in [-0.3, -0.25) is 14.0 Å². The summed E-state index contributed by atoms with van der Waals surface area (Å²) >= 11 is 0. The first-order valence-corrected chi connectivity index (χ1v) is 13.8. The third-order valence-corrected chi connectivity index (χ3v) is 8.00. The van der Waals surface area contributed by atoms with Gasteiger partial charge in [-0.2, -0.15) is 17.5 Å². The number of hydrogen-bond donors (Lipinski definition) is 1. The highest BCUT2D eigenvalue weighted by atomic mass is 32.2. The van der Waals surface area contributed by atoms with Crippen LogP contribution in [-0.2, 0) is 16.4 Å². The number of halogens is 4. The zero-order chi connectivity index (χ0) is 27.9. The number of alkyl halides is 4. The monoisotopic (exact) mass is 562 g/mol. The van der Waals surface area contributed by atoms with Crippen LogP contribution in [0.4, 0.5) is 17.6 Å². The Morgan fingerprint density at radius 3 is 2.26 bits per heavy atom. The summed E-state index contributed by atoms with van der Waals surface area (Å²) in [7, 11) is -3.36. The molecule has 0 bridgehead atoms. The van der Waals surface area contributed by atoms with Crippen molar-refractivity contribution < 1.29 is 35.6 Å². The molecule has 0 atom stereocenters. The molecule has 1 fully saturated rings. The number of benzene rings is 1. The summed E-state index contributed by atoms with van der Waals surface area (Å²) in [5.74, 6) is -1.33. The topological polar surface area (TPSA) is 118 Å². The summed E-state index contributed by atoms with van der Waals surface area (Å²) in [6, 6.07) is 5.63. The molecule has 15 heteroatoms. The van der Waals surface area contributed by atoms with E-state index >= 15 is 0 Å². The average molecular weight is 563 g/mol. The minimum Gasteiger partial charge on any atom is -0.343 e. The average Bonchev–Trinajstić information content (AvgIpc) is 3.32. The molecule has 0 spiro atoms. The van der Waals surface area contributed by atoms with Gasteiger partial charge >= 0.3 is 6.18 Å². The van der Waals surface area contributed by atoms with Crippen LogP contribution in [0, 0.1) is 0 Å². The maximum atomic E-state index is 13.3. The lowest BCUT2D eigenvalue weighted by molar-refractivity contribution is -0.123. The maximum absolute atomic E-state index is 13.3. The van der Waals surface area contributed by atoms with E-state index in [1.165, 1.54) is 38.2 Å². The third kappa shape index (κ3) is 7.49. The van der Waals surface area contributed by atoms with Crippen LogP contribution in [0.2, 0.25) is 0 Å². The Hall–Kier alpha value is -3.07. The van der Waals surface area contributed by atoms with E-state index in [4.69, 9.17) is 0 Å². The predicted molar refractivity (Wildman–Crippen MR) is 130 cm³/mol. The number of nitrogens with one attached hydrogen (secondary N) is 1. The lowest BCUT2D eigenvalue weighted by atomic mass is 10.1. The molecule has 2 aromatic rings. The van der Waals surface area contributed by atoms with E-state index in [2.05, 4.69) is 10.3 Å². The summed E-state index contributed by atoms with van der Waals surface area (Å²) in [6.07, 6.45) is -2.70. The van der Waals surface area contributed by atoms with Crippen LogP contribution in [0.25, 0.3) is 5.69 Å². The van der Waals surface area contributed by atoms with Gasteiger partial charge in [0.25, 0.3) is 11.8 Å². The number of amides is 2. The van der Waals surface area contributed by atoms with Gasteiger partial charge < -0.3 is 10.2 Å². The highest BCUT2D eigenvalue weighted by molar-refractivity contribution is 7.89. The molecule has 210 valence electrons. The van der Waals surface area contributed by atoms with Crippen molar-refractivity contribution in [2.24, 2.45) is 0 Å². The molecule has 2 heterocycles. The van der Waals surface area contributed by atoms with Gasteiger partial charge in [0.15, 0.2) is 5.69 Å². The summed E-state index contributed by atoms with van der Waals surface area (Å²) < 4.78 is 76.8. The van der Waals surface area contributed by atoms with E-state index in [1.54, 1.807) is 12.2 Å². The molecule has 0 radical (unpaired) electrons. The zero-order valence-corrected chi connectivity index (χ0v) is 21.7. The SMILES string of the molecule is CCS(=O)(=O)N1CCN(C(=O)c2nnn(-c3ccc(C(=O)NCC(F)(F)F)cc3)c2CCCCCF)CC1. The van der Waals surface area contributed by atoms with Gasteiger partial charge in [-0.05, 0) is 50.5 Å². The molecular weight excluding hydrogens is 532 g/mol. The van der Waals surface area contributed by atoms with E-state index in [1.807, 2.05) is 0 Å². The Morgan fingerprint density at radius 2 is 1.68 bits per heavy atom. The van der Waals surface area contributed by atoms with E-state index in [0.29, 0.717) is 37.1 Å². The molecule has 1 aromatic heterocycles. The molecule has 10 nitrogen and oxygen atoms in total. The second-order valence-corrected chi connectivity index (χ2v) is 11.0. The summed E-state index contributed by atoms with van der Waals surface area (Å²) in [5, 5.41) is 9.98. The second-order valence-electron chi connectivity index (χ2n) is 8.73. The van der Waals surface area contributed by atoms with Crippen molar-refractivity contribution in [3.05, 3.63) is 41.2 Å². The fraction of sp³-hybridized carbons (Fsp3) is 0.565. The van der Waals surface area contributed by atoms with Gasteiger partial charge in [-0.25, -0.2) is 13.1 Å². The summed E-state index contributed by atoms with van der Waals surface area (Å²) in [4.78, 5) is 26.8. The Labute approximate surface area is 218 Å². The smallest absolute Gasteiger partial charge is 0.343 e. The number of hydrogen-bond acceptors (Lipinski definition) is 6. The van der Waals surface area contributed by atoms with Crippen molar-refractivity contribution in [2.45, 2.75) is 38.8 Å². The highest BCUT2D eigenvalue weighted by Gasteiger charge is 2.31. The Kier molecular flexibility index (Phi) is 9.82. The van der Waals surface area contributed by atoms with Gasteiger partial charge in [0.1, 0.15) is 6.54 Å². The molecule has 3 rings (SSSR count). The molecule has 2 amide bonds. The molecular formula is C23H30F4N6O4S. The number of sulfonamides is 1. The zero-order valence-electron chi connectivity index (χ0n) is 20.9. The van der Waals surface area contributed by atoms with Crippen LogP contribution in [0.15, 0.2) is 24.3 Å². The molecule has 1 N–H and O–H groups in total. The molecule has 1 aliphatic heterocycles. The number of unbranched alkanes of at least 4 members (excludes halogenated alkanes) is 2. The van der Waals surface area contributed by atoms with Crippen molar-refractivity contribution in [3.8, 4) is 5.69 Å². The lowest BCUT2D eigenvalue weighted by Gasteiger charge is -2.33. The molecule has 1 aliphatic rings. The third-order valence-electron chi connectivity index (χ3n) is 6.12. The molecule has 1 aromatic carbocycles. The summed E-state index contributed by atoms with van der Waals surface area (Å²) in [6.45, 7) is 0.346. The minimum absolute atomic E-state index is 0.0128. The molecule has 1 saturated heterocycles. The van der Waals surface area contributed by atoms with Crippen molar-refractivity contribution >= 4 is 21.8 Å². The number of carbonyl (C=O) groups excluding carboxylic acids is 2. The van der Waals surface area contributed by atoms with Crippen LogP contribution in [0.1, 0.15) is 52.7 Å². The minimum atomic E-state index is -4.53. The van der Waals surface area contributed by atoms with E-state index in [9.17, 15) is 35.6 Å². The molecule has 0 aliphatic carbocycles. The van der Waals surface area contributed by atoms with E-state index < -0.39 is 41.2 Å². The molecule has 38 heavy (non-hydrogen) atoms. The Balaban J connectivity index is 1.80. The number of aromatic nitrogens is 3. The van der Waals surface area contributed by atoms with Gasteiger partial charge in [-0.1, -0.05) is 11.6 Å².